The van der Waals surface area contributed by atoms with E-state index >= 15 is 0 Å². The molecule has 0 unspecified atom stereocenters. The van der Waals surface area contributed by atoms with Crippen LogP contribution in [0.1, 0.15) is 19.3 Å². The molecule has 0 spiro atoms. The zero-order chi connectivity index (χ0) is 13.8. The molecule has 20 heavy (non-hydrogen) atoms. The molecule has 0 saturated carbocycles. The summed E-state index contributed by atoms with van der Waals surface area (Å²) in [6.07, 6.45) is 5.93. The normalized spacial score (nSPS) is 16.4. The monoisotopic (exact) mass is 272 g/mol. The Balaban J connectivity index is 1.61. The lowest BCUT2D eigenvalue weighted by Crippen LogP contribution is -2.32. The molecule has 0 amide bonds. The topological polar surface area (TPSA) is 72.9 Å². The maximum atomic E-state index is 5.69. The Hall–Kier alpha value is -1.95. The fourth-order valence-electron chi connectivity index (χ4n) is 2.55. The zero-order valence-electron chi connectivity index (χ0n) is 11.6. The average molecular weight is 272 g/mol. The fraction of sp³-hybridized carbons (Fsp3) is 0.500. The van der Waals surface area contributed by atoms with Crippen molar-refractivity contribution in [2.24, 2.45) is 0 Å². The van der Waals surface area contributed by atoms with E-state index in [-0.39, 0.29) is 0 Å². The smallest absolute Gasteiger partial charge is 0.131 e. The van der Waals surface area contributed by atoms with Crippen molar-refractivity contribution in [3.8, 4) is 11.4 Å². The van der Waals surface area contributed by atoms with Gasteiger partial charge in [0.05, 0.1) is 18.4 Å². The first kappa shape index (κ1) is 13.1. The van der Waals surface area contributed by atoms with Crippen LogP contribution in [0.15, 0.2) is 24.4 Å². The van der Waals surface area contributed by atoms with Crippen molar-refractivity contribution in [2.45, 2.75) is 25.8 Å². The van der Waals surface area contributed by atoms with Crippen LogP contribution in [-0.2, 0) is 6.54 Å². The van der Waals surface area contributed by atoms with Crippen LogP contribution in [0.2, 0.25) is 0 Å². The molecule has 2 aromatic rings. The lowest BCUT2D eigenvalue weighted by molar-refractivity contribution is 0.217. The molecule has 0 atom stereocenters. The highest BCUT2D eigenvalue weighted by Gasteiger charge is 2.11. The van der Waals surface area contributed by atoms with Crippen LogP contribution in [-0.4, -0.2) is 44.5 Å². The summed E-state index contributed by atoms with van der Waals surface area (Å²) in [5.41, 5.74) is 7.23. The molecule has 0 bridgehead atoms. The van der Waals surface area contributed by atoms with E-state index in [0.717, 1.165) is 24.5 Å². The van der Waals surface area contributed by atoms with Gasteiger partial charge in [0.2, 0.25) is 0 Å². The molecular formula is C14H20N6. The maximum absolute atomic E-state index is 5.69. The van der Waals surface area contributed by atoms with Gasteiger partial charge in [0.25, 0.3) is 0 Å². The first-order valence-electron chi connectivity index (χ1n) is 7.17. The van der Waals surface area contributed by atoms with Crippen molar-refractivity contribution in [3.63, 3.8) is 0 Å². The van der Waals surface area contributed by atoms with Crippen molar-refractivity contribution in [3.05, 3.63) is 24.4 Å². The Kier molecular flexibility index (Phi) is 3.92. The van der Waals surface area contributed by atoms with E-state index < -0.39 is 0 Å². The number of hydrogen-bond donors (Lipinski definition) is 1. The van der Waals surface area contributed by atoms with Gasteiger partial charge in [-0.1, -0.05) is 17.7 Å². The van der Waals surface area contributed by atoms with E-state index in [4.69, 9.17) is 5.73 Å². The molecule has 6 heteroatoms. The molecule has 0 radical (unpaired) electrons. The summed E-state index contributed by atoms with van der Waals surface area (Å²) in [5.74, 6) is 0.505. The van der Waals surface area contributed by atoms with Crippen LogP contribution in [0.3, 0.4) is 0 Å². The summed E-state index contributed by atoms with van der Waals surface area (Å²) in [7, 11) is 0. The van der Waals surface area contributed by atoms with Crippen LogP contribution in [0.5, 0.6) is 0 Å². The molecule has 1 saturated heterocycles. The summed E-state index contributed by atoms with van der Waals surface area (Å²) < 4.78 is 1.88. The highest BCUT2D eigenvalue weighted by molar-refractivity contribution is 5.54. The maximum Gasteiger partial charge on any atom is 0.131 e. The van der Waals surface area contributed by atoms with Crippen molar-refractivity contribution >= 4 is 5.82 Å². The van der Waals surface area contributed by atoms with Gasteiger partial charge in [0, 0.05) is 6.54 Å². The Morgan fingerprint density at radius 1 is 1.05 bits per heavy atom. The van der Waals surface area contributed by atoms with Gasteiger partial charge in [-0.2, -0.15) is 0 Å². The minimum Gasteiger partial charge on any atom is -0.384 e. The van der Waals surface area contributed by atoms with Gasteiger partial charge in [-0.05, 0) is 38.1 Å². The minimum atomic E-state index is 0.505. The average Bonchev–Trinajstić information content (AvgIpc) is 2.95. The second kappa shape index (κ2) is 6.00. The summed E-state index contributed by atoms with van der Waals surface area (Å²) >= 11 is 0. The lowest BCUT2D eigenvalue weighted by atomic mass is 10.1. The first-order valence-corrected chi connectivity index (χ1v) is 7.17. The van der Waals surface area contributed by atoms with Crippen LogP contribution < -0.4 is 5.73 Å². The third kappa shape index (κ3) is 3.14. The van der Waals surface area contributed by atoms with Crippen LogP contribution >= 0.6 is 0 Å². The number of rotatable bonds is 4. The third-order valence-corrected chi connectivity index (χ3v) is 3.67. The molecule has 0 aliphatic carbocycles. The van der Waals surface area contributed by atoms with Gasteiger partial charge in [-0.25, -0.2) is 4.98 Å². The van der Waals surface area contributed by atoms with Gasteiger partial charge in [0.15, 0.2) is 0 Å². The van der Waals surface area contributed by atoms with E-state index in [1.165, 1.54) is 32.4 Å². The largest absolute Gasteiger partial charge is 0.384 e. The van der Waals surface area contributed by atoms with Crippen LogP contribution in [0, 0.1) is 0 Å². The summed E-state index contributed by atoms with van der Waals surface area (Å²) in [5, 5.41) is 8.33. The molecule has 1 aliphatic heterocycles. The van der Waals surface area contributed by atoms with Crippen molar-refractivity contribution in [2.75, 3.05) is 25.4 Å². The second-order valence-corrected chi connectivity index (χ2v) is 5.22. The predicted molar refractivity (Wildman–Crippen MR) is 78.0 cm³/mol. The predicted octanol–water partition coefficient (Wildman–Crippen LogP) is 1.41. The molecular weight excluding hydrogens is 252 g/mol. The Labute approximate surface area is 118 Å². The Morgan fingerprint density at radius 2 is 1.90 bits per heavy atom. The number of piperidine rings is 1. The van der Waals surface area contributed by atoms with E-state index in [0.29, 0.717) is 5.82 Å². The fourth-order valence-corrected chi connectivity index (χ4v) is 2.55. The highest BCUT2D eigenvalue weighted by Crippen LogP contribution is 2.14. The van der Waals surface area contributed by atoms with E-state index in [1.54, 1.807) is 6.07 Å². The van der Waals surface area contributed by atoms with E-state index in [2.05, 4.69) is 20.2 Å². The Morgan fingerprint density at radius 3 is 2.70 bits per heavy atom. The molecule has 3 heterocycles. The molecule has 2 N–H and O–H groups in total. The first-order chi connectivity index (χ1) is 9.81. The van der Waals surface area contributed by atoms with Crippen molar-refractivity contribution in [1.82, 2.24) is 24.9 Å². The van der Waals surface area contributed by atoms with E-state index in [1.807, 2.05) is 23.0 Å². The van der Waals surface area contributed by atoms with Crippen LogP contribution in [0.4, 0.5) is 5.82 Å². The number of nitrogens with zero attached hydrogens (tertiary/aromatic N) is 5. The number of aromatic nitrogens is 4. The van der Waals surface area contributed by atoms with E-state index in [9.17, 15) is 0 Å². The molecule has 1 aliphatic rings. The molecule has 0 aromatic carbocycles. The number of pyridine rings is 1. The van der Waals surface area contributed by atoms with Gasteiger partial charge >= 0.3 is 0 Å². The number of nitrogens with two attached hydrogens (primary N) is 1. The summed E-state index contributed by atoms with van der Waals surface area (Å²) in [6.45, 7) is 4.32. The molecule has 2 aromatic heterocycles. The molecule has 1 fully saturated rings. The van der Waals surface area contributed by atoms with Crippen molar-refractivity contribution < 1.29 is 0 Å². The summed E-state index contributed by atoms with van der Waals surface area (Å²) in [4.78, 5) is 6.75. The van der Waals surface area contributed by atoms with Gasteiger partial charge in [0.1, 0.15) is 11.5 Å². The van der Waals surface area contributed by atoms with Gasteiger partial charge in [-0.3, -0.25) is 4.68 Å². The van der Waals surface area contributed by atoms with Crippen molar-refractivity contribution in [1.29, 1.82) is 0 Å². The second-order valence-electron chi connectivity index (χ2n) is 5.22. The molecule has 3 rings (SSSR count). The molecule has 6 nitrogen and oxygen atoms in total. The zero-order valence-corrected chi connectivity index (χ0v) is 11.6. The molecule has 106 valence electrons. The number of anilines is 1. The van der Waals surface area contributed by atoms with Gasteiger partial charge in [-0.15, -0.1) is 5.10 Å². The Bertz CT molecular complexity index is 558. The summed E-state index contributed by atoms with van der Waals surface area (Å²) in [6, 6.07) is 5.55. The van der Waals surface area contributed by atoms with Gasteiger partial charge < -0.3 is 10.6 Å². The number of hydrogen-bond acceptors (Lipinski definition) is 5. The number of nitrogen functional groups attached to an aromatic ring is 1. The third-order valence-electron chi connectivity index (χ3n) is 3.67. The number of likely N-dealkylation sites (tertiary alicyclic amines) is 1. The quantitative estimate of drug-likeness (QED) is 0.911. The van der Waals surface area contributed by atoms with Crippen LogP contribution in [0.25, 0.3) is 11.4 Å². The lowest BCUT2D eigenvalue weighted by Gasteiger charge is -2.25. The highest BCUT2D eigenvalue weighted by atomic mass is 15.4. The minimum absolute atomic E-state index is 0.505. The standard InChI is InChI=1S/C14H20N6/c15-14-6-4-5-12(16-14)13-11-20(18-17-13)10-9-19-7-2-1-3-8-19/h4-6,11H,1-3,7-10H2,(H2,15,16). The SMILES string of the molecule is Nc1cccc(-c2cn(CCN3CCCCC3)nn2)n1.